The normalized spacial score (nSPS) is 10.5. The summed E-state index contributed by atoms with van der Waals surface area (Å²) in [5.41, 5.74) is 1.23. The number of nitrogens with zero attached hydrogens (tertiary/aromatic N) is 3. The third kappa shape index (κ3) is 3.06. The van der Waals surface area contributed by atoms with Crippen molar-refractivity contribution in [1.29, 1.82) is 0 Å². The van der Waals surface area contributed by atoms with Gasteiger partial charge in [-0.3, -0.25) is 0 Å². The van der Waals surface area contributed by atoms with Crippen molar-refractivity contribution in [1.82, 2.24) is 14.8 Å². The Bertz CT molecular complexity index is 467. The summed E-state index contributed by atoms with van der Waals surface area (Å²) in [5, 5.41) is 4.95. The van der Waals surface area contributed by atoms with Gasteiger partial charge in [0.25, 0.3) is 0 Å². The average Bonchev–Trinajstić information content (AvgIpc) is 2.84. The zero-order chi connectivity index (χ0) is 12.1. The minimum absolute atomic E-state index is 0.446. The lowest BCUT2D eigenvalue weighted by atomic mass is 10.2. The van der Waals surface area contributed by atoms with Crippen LogP contribution in [0.2, 0.25) is 0 Å². The van der Waals surface area contributed by atoms with Gasteiger partial charge in [0, 0.05) is 11.9 Å². The van der Waals surface area contributed by atoms with Gasteiger partial charge in [-0.05, 0) is 24.6 Å². The Labute approximate surface area is 109 Å². The van der Waals surface area contributed by atoms with E-state index in [1.807, 2.05) is 35.9 Å². The molecule has 0 saturated heterocycles. The Morgan fingerprint density at radius 3 is 2.71 bits per heavy atom. The molecule has 0 aliphatic carbocycles. The van der Waals surface area contributed by atoms with Gasteiger partial charge in [0.1, 0.15) is 18.7 Å². The Balaban J connectivity index is 1.97. The summed E-state index contributed by atoms with van der Waals surface area (Å²) in [5.74, 6) is 1.69. The lowest BCUT2D eigenvalue weighted by molar-refractivity contribution is 0.287. The largest absolute Gasteiger partial charge is 0.486 e. The molecular weight excluding hydrogens is 282 g/mol. The van der Waals surface area contributed by atoms with Crippen LogP contribution in [0.4, 0.5) is 0 Å². The van der Waals surface area contributed by atoms with Crippen LogP contribution in [0.3, 0.4) is 0 Å². The number of benzene rings is 1. The molecule has 0 amide bonds. The van der Waals surface area contributed by atoms with E-state index in [1.165, 1.54) is 5.56 Å². The highest BCUT2D eigenvalue weighted by atomic mass is 79.9. The van der Waals surface area contributed by atoms with Crippen molar-refractivity contribution >= 4 is 15.9 Å². The summed E-state index contributed by atoms with van der Waals surface area (Å²) in [6.45, 7) is 3.28. The quantitative estimate of drug-likeness (QED) is 0.797. The number of rotatable bonds is 5. The Morgan fingerprint density at radius 1 is 1.29 bits per heavy atom. The molecule has 5 heteroatoms. The third-order valence-electron chi connectivity index (χ3n) is 2.44. The number of alkyl halides is 1. The Morgan fingerprint density at radius 2 is 2.06 bits per heavy atom. The minimum Gasteiger partial charge on any atom is -0.486 e. The van der Waals surface area contributed by atoms with Crippen molar-refractivity contribution in [3.8, 4) is 5.75 Å². The third-order valence-corrected chi connectivity index (χ3v) is 3.09. The summed E-state index contributed by atoms with van der Waals surface area (Å²) in [6, 6.07) is 8.00. The first-order valence-corrected chi connectivity index (χ1v) is 6.60. The fraction of sp³-hybridized carbons (Fsp3) is 0.333. The maximum absolute atomic E-state index is 5.65. The predicted octanol–water partition coefficient (Wildman–Crippen LogP) is 2.77. The zero-order valence-electron chi connectivity index (χ0n) is 9.64. The van der Waals surface area contributed by atoms with Crippen molar-refractivity contribution in [3.63, 3.8) is 0 Å². The number of ether oxygens (including phenoxy) is 1. The second-order valence-corrected chi connectivity index (χ2v) is 4.12. The molecule has 0 fully saturated rings. The molecule has 1 aromatic heterocycles. The van der Waals surface area contributed by atoms with Crippen LogP contribution in [0.25, 0.3) is 0 Å². The Hall–Kier alpha value is -1.36. The monoisotopic (exact) mass is 295 g/mol. The van der Waals surface area contributed by atoms with Gasteiger partial charge in [-0.1, -0.05) is 28.1 Å². The zero-order valence-corrected chi connectivity index (χ0v) is 11.2. The van der Waals surface area contributed by atoms with E-state index in [9.17, 15) is 0 Å². The summed E-state index contributed by atoms with van der Waals surface area (Å²) >= 11 is 3.41. The molecule has 0 radical (unpaired) electrons. The van der Waals surface area contributed by atoms with Crippen LogP contribution < -0.4 is 4.74 Å². The fourth-order valence-corrected chi connectivity index (χ4v) is 1.86. The summed E-state index contributed by atoms with van der Waals surface area (Å²) in [7, 11) is 0. The first kappa shape index (κ1) is 12.1. The van der Waals surface area contributed by atoms with E-state index in [4.69, 9.17) is 4.74 Å². The number of aryl methyl sites for hydroxylation is 1. The average molecular weight is 296 g/mol. The van der Waals surface area contributed by atoms with Crippen molar-refractivity contribution in [2.45, 2.75) is 25.4 Å². The van der Waals surface area contributed by atoms with Gasteiger partial charge in [0.2, 0.25) is 0 Å². The highest BCUT2D eigenvalue weighted by Crippen LogP contribution is 2.15. The van der Waals surface area contributed by atoms with E-state index in [-0.39, 0.29) is 0 Å². The molecule has 17 heavy (non-hydrogen) atoms. The van der Waals surface area contributed by atoms with E-state index in [2.05, 4.69) is 26.0 Å². The molecule has 0 spiro atoms. The molecule has 0 atom stereocenters. The summed E-state index contributed by atoms with van der Waals surface area (Å²) < 4.78 is 7.48. The molecule has 2 aromatic rings. The van der Waals surface area contributed by atoms with Crippen LogP contribution in [-0.2, 0) is 18.5 Å². The van der Waals surface area contributed by atoms with Crippen LogP contribution in [0, 0.1) is 0 Å². The van der Waals surface area contributed by atoms with E-state index in [1.54, 1.807) is 6.33 Å². The number of hydrogen-bond donors (Lipinski definition) is 0. The first-order valence-electron chi connectivity index (χ1n) is 5.48. The number of hydrogen-bond acceptors (Lipinski definition) is 3. The van der Waals surface area contributed by atoms with E-state index in [0.717, 1.165) is 23.4 Å². The second kappa shape index (κ2) is 5.82. The molecule has 1 heterocycles. The summed E-state index contributed by atoms with van der Waals surface area (Å²) in [4.78, 5) is 4.16. The van der Waals surface area contributed by atoms with E-state index >= 15 is 0 Å². The highest BCUT2D eigenvalue weighted by Gasteiger charge is 2.03. The van der Waals surface area contributed by atoms with Crippen molar-refractivity contribution < 1.29 is 4.74 Å². The molecule has 2 rings (SSSR count). The SMILES string of the molecule is CCn1ncnc1COc1ccc(CBr)cc1. The van der Waals surface area contributed by atoms with Crippen molar-refractivity contribution in [2.24, 2.45) is 0 Å². The van der Waals surface area contributed by atoms with Crippen LogP contribution in [0.5, 0.6) is 5.75 Å². The minimum atomic E-state index is 0.446. The van der Waals surface area contributed by atoms with Gasteiger partial charge < -0.3 is 4.74 Å². The molecule has 90 valence electrons. The molecule has 0 bridgehead atoms. The predicted molar refractivity (Wildman–Crippen MR) is 69.1 cm³/mol. The summed E-state index contributed by atoms with van der Waals surface area (Å²) in [6.07, 6.45) is 1.55. The fourth-order valence-electron chi connectivity index (χ4n) is 1.49. The van der Waals surface area contributed by atoms with Gasteiger partial charge in [-0.25, -0.2) is 9.67 Å². The number of halogens is 1. The molecule has 0 unspecified atom stereocenters. The molecule has 1 aromatic carbocycles. The van der Waals surface area contributed by atoms with Crippen LogP contribution in [-0.4, -0.2) is 14.8 Å². The molecular formula is C12H14BrN3O. The van der Waals surface area contributed by atoms with Gasteiger partial charge in [-0.2, -0.15) is 5.10 Å². The van der Waals surface area contributed by atoms with Crippen LogP contribution >= 0.6 is 15.9 Å². The highest BCUT2D eigenvalue weighted by molar-refractivity contribution is 9.08. The maximum Gasteiger partial charge on any atom is 0.164 e. The lowest BCUT2D eigenvalue weighted by Gasteiger charge is -2.06. The molecule has 0 N–H and O–H groups in total. The molecule has 0 aliphatic heterocycles. The van der Waals surface area contributed by atoms with Crippen LogP contribution in [0.1, 0.15) is 18.3 Å². The lowest BCUT2D eigenvalue weighted by Crippen LogP contribution is -2.07. The topological polar surface area (TPSA) is 39.9 Å². The smallest absolute Gasteiger partial charge is 0.164 e. The van der Waals surface area contributed by atoms with E-state index < -0.39 is 0 Å². The van der Waals surface area contributed by atoms with Gasteiger partial charge in [0.05, 0.1) is 0 Å². The van der Waals surface area contributed by atoms with Gasteiger partial charge >= 0.3 is 0 Å². The molecule has 0 aliphatic rings. The van der Waals surface area contributed by atoms with E-state index in [0.29, 0.717) is 6.61 Å². The Kier molecular flexibility index (Phi) is 4.14. The first-order chi connectivity index (χ1) is 8.33. The standard InChI is InChI=1S/C12H14BrN3O/c1-2-16-12(14-9-15-16)8-17-11-5-3-10(7-13)4-6-11/h3-6,9H,2,7-8H2,1H3. The molecule has 4 nitrogen and oxygen atoms in total. The molecule has 0 saturated carbocycles. The van der Waals surface area contributed by atoms with Gasteiger partial charge in [0.15, 0.2) is 5.82 Å². The van der Waals surface area contributed by atoms with Crippen molar-refractivity contribution in [3.05, 3.63) is 42.0 Å². The number of aromatic nitrogens is 3. The van der Waals surface area contributed by atoms with Crippen LogP contribution in [0.15, 0.2) is 30.6 Å². The second-order valence-electron chi connectivity index (χ2n) is 3.56. The van der Waals surface area contributed by atoms with Crippen molar-refractivity contribution in [2.75, 3.05) is 0 Å². The van der Waals surface area contributed by atoms with Gasteiger partial charge in [-0.15, -0.1) is 0 Å². The maximum atomic E-state index is 5.65.